The summed E-state index contributed by atoms with van der Waals surface area (Å²) in [6.45, 7) is 0. The van der Waals surface area contributed by atoms with Crippen molar-refractivity contribution in [3.05, 3.63) is 35.9 Å². The number of aliphatic hydroxyl groups excluding tert-OH is 3. The lowest BCUT2D eigenvalue weighted by Gasteiger charge is -2.24. The van der Waals surface area contributed by atoms with E-state index in [9.17, 15) is 20.1 Å². The molecule has 5 heteroatoms. The second kappa shape index (κ2) is 11.4. The van der Waals surface area contributed by atoms with Gasteiger partial charge < -0.3 is 20.4 Å². The summed E-state index contributed by atoms with van der Waals surface area (Å²) in [4.78, 5) is 10.5. The van der Waals surface area contributed by atoms with E-state index >= 15 is 0 Å². The molecule has 5 nitrogen and oxygen atoms in total. The van der Waals surface area contributed by atoms with Crippen LogP contribution in [0.15, 0.2) is 30.3 Å². The lowest BCUT2D eigenvalue weighted by Crippen LogP contribution is -2.24. The summed E-state index contributed by atoms with van der Waals surface area (Å²) in [5.74, 6) is -0.647. The van der Waals surface area contributed by atoms with Gasteiger partial charge in [0.05, 0.1) is 18.3 Å². The Morgan fingerprint density at radius 1 is 0.963 bits per heavy atom. The summed E-state index contributed by atoms with van der Waals surface area (Å²) in [6.07, 6.45) is 5.51. The van der Waals surface area contributed by atoms with Gasteiger partial charge in [-0.15, -0.1) is 0 Å². The third-order valence-corrected chi connectivity index (χ3v) is 5.85. The SMILES string of the molecule is O=C(O)CCCCCC[C@@H]1C(CC[C@@H](O)Cc2ccccc2)[C@H](O)C[C@@H]1O. The fraction of sp³-hybridized carbons (Fsp3) is 0.682. The maximum absolute atomic E-state index is 10.5. The van der Waals surface area contributed by atoms with Crippen LogP contribution in [-0.4, -0.2) is 44.7 Å². The number of hydrogen-bond donors (Lipinski definition) is 4. The number of aliphatic hydroxyl groups is 3. The zero-order chi connectivity index (χ0) is 19.6. The van der Waals surface area contributed by atoms with E-state index in [2.05, 4.69) is 0 Å². The van der Waals surface area contributed by atoms with Crippen LogP contribution in [0.4, 0.5) is 0 Å². The molecular weight excluding hydrogens is 344 g/mol. The summed E-state index contributed by atoms with van der Waals surface area (Å²) in [5, 5.41) is 39.6. The summed E-state index contributed by atoms with van der Waals surface area (Å²) >= 11 is 0. The zero-order valence-electron chi connectivity index (χ0n) is 16.0. The fourth-order valence-electron chi connectivity index (χ4n) is 4.36. The van der Waals surface area contributed by atoms with Gasteiger partial charge in [-0.3, -0.25) is 4.79 Å². The Bertz CT molecular complexity index is 547. The first-order valence-corrected chi connectivity index (χ1v) is 10.3. The van der Waals surface area contributed by atoms with E-state index in [1.807, 2.05) is 30.3 Å². The number of benzene rings is 1. The number of aliphatic carboxylic acids is 1. The van der Waals surface area contributed by atoms with E-state index in [4.69, 9.17) is 5.11 Å². The number of rotatable bonds is 12. The molecule has 27 heavy (non-hydrogen) atoms. The quantitative estimate of drug-likeness (QED) is 0.419. The largest absolute Gasteiger partial charge is 0.481 e. The highest BCUT2D eigenvalue weighted by molar-refractivity contribution is 5.66. The molecule has 0 spiro atoms. The number of unbranched alkanes of at least 4 members (excludes halogenated alkanes) is 3. The van der Waals surface area contributed by atoms with Crippen LogP contribution in [0.5, 0.6) is 0 Å². The molecule has 0 heterocycles. The lowest BCUT2D eigenvalue weighted by atomic mass is 9.84. The van der Waals surface area contributed by atoms with Crippen molar-refractivity contribution in [1.29, 1.82) is 0 Å². The molecule has 152 valence electrons. The van der Waals surface area contributed by atoms with Crippen LogP contribution in [-0.2, 0) is 11.2 Å². The fourth-order valence-corrected chi connectivity index (χ4v) is 4.36. The number of carbonyl (C=O) groups is 1. The summed E-state index contributed by atoms with van der Waals surface area (Å²) in [7, 11) is 0. The third-order valence-electron chi connectivity index (χ3n) is 5.85. The van der Waals surface area contributed by atoms with Gasteiger partial charge in [0.2, 0.25) is 0 Å². The summed E-state index contributed by atoms with van der Waals surface area (Å²) in [6, 6.07) is 9.89. The van der Waals surface area contributed by atoms with Gasteiger partial charge in [0, 0.05) is 6.42 Å². The van der Waals surface area contributed by atoms with Gasteiger partial charge >= 0.3 is 5.97 Å². The molecule has 0 aliphatic heterocycles. The molecule has 1 aromatic carbocycles. The van der Waals surface area contributed by atoms with Crippen molar-refractivity contribution < 1.29 is 25.2 Å². The van der Waals surface area contributed by atoms with Gasteiger partial charge in [0.25, 0.3) is 0 Å². The Hall–Kier alpha value is -1.43. The normalized spacial score (nSPS) is 26.2. The topological polar surface area (TPSA) is 98.0 Å². The van der Waals surface area contributed by atoms with Crippen molar-refractivity contribution in [3.8, 4) is 0 Å². The Morgan fingerprint density at radius 3 is 2.26 bits per heavy atom. The van der Waals surface area contributed by atoms with Gasteiger partial charge in [-0.25, -0.2) is 0 Å². The average molecular weight is 379 g/mol. The van der Waals surface area contributed by atoms with E-state index in [1.54, 1.807) is 0 Å². The molecule has 5 atom stereocenters. The summed E-state index contributed by atoms with van der Waals surface area (Å²) < 4.78 is 0. The molecule has 1 aliphatic rings. The third kappa shape index (κ3) is 7.60. The highest BCUT2D eigenvalue weighted by atomic mass is 16.4. The summed E-state index contributed by atoms with van der Waals surface area (Å²) in [5.41, 5.74) is 1.11. The van der Waals surface area contributed by atoms with Crippen LogP contribution >= 0.6 is 0 Å². The number of hydrogen-bond acceptors (Lipinski definition) is 4. The molecule has 0 bridgehead atoms. The first kappa shape index (κ1) is 21.9. The van der Waals surface area contributed by atoms with Crippen LogP contribution in [0.3, 0.4) is 0 Å². The molecule has 4 N–H and O–H groups in total. The van der Waals surface area contributed by atoms with Crippen LogP contribution in [0.1, 0.15) is 63.4 Å². The molecule has 0 amide bonds. The van der Waals surface area contributed by atoms with Crippen LogP contribution in [0.25, 0.3) is 0 Å². The Kier molecular flexibility index (Phi) is 9.25. The first-order chi connectivity index (χ1) is 13.0. The van der Waals surface area contributed by atoms with Crippen molar-refractivity contribution in [2.75, 3.05) is 0 Å². The van der Waals surface area contributed by atoms with Gasteiger partial charge in [0.15, 0.2) is 0 Å². The highest BCUT2D eigenvalue weighted by Gasteiger charge is 2.40. The smallest absolute Gasteiger partial charge is 0.303 e. The second-order valence-corrected chi connectivity index (χ2v) is 7.97. The molecular formula is C22H34O5. The molecule has 2 rings (SSSR count). The predicted molar refractivity (Wildman–Crippen MR) is 104 cm³/mol. The van der Waals surface area contributed by atoms with Crippen molar-refractivity contribution in [2.45, 2.75) is 82.5 Å². The van der Waals surface area contributed by atoms with Gasteiger partial charge in [0.1, 0.15) is 0 Å². The van der Waals surface area contributed by atoms with Crippen molar-refractivity contribution in [2.24, 2.45) is 11.8 Å². The molecule has 0 radical (unpaired) electrons. The van der Waals surface area contributed by atoms with Crippen molar-refractivity contribution >= 4 is 5.97 Å². The molecule has 1 unspecified atom stereocenters. The minimum Gasteiger partial charge on any atom is -0.481 e. The average Bonchev–Trinajstić information content (AvgIpc) is 2.89. The Morgan fingerprint density at radius 2 is 1.59 bits per heavy atom. The van der Waals surface area contributed by atoms with E-state index in [0.29, 0.717) is 25.7 Å². The lowest BCUT2D eigenvalue weighted by molar-refractivity contribution is -0.137. The Labute approximate surface area is 162 Å². The molecule has 1 fully saturated rings. The zero-order valence-corrected chi connectivity index (χ0v) is 16.0. The van der Waals surface area contributed by atoms with Crippen molar-refractivity contribution in [3.63, 3.8) is 0 Å². The minimum absolute atomic E-state index is 0.0319. The minimum atomic E-state index is -0.751. The molecule has 0 saturated heterocycles. The van der Waals surface area contributed by atoms with E-state index in [0.717, 1.165) is 37.7 Å². The Balaban J connectivity index is 1.73. The predicted octanol–water partition coefficient (Wildman–Crippen LogP) is 3.15. The number of carboxylic acids is 1. The monoisotopic (exact) mass is 378 g/mol. The first-order valence-electron chi connectivity index (χ1n) is 10.3. The molecule has 1 aromatic rings. The number of carboxylic acid groups (broad SMARTS) is 1. The maximum atomic E-state index is 10.5. The van der Waals surface area contributed by atoms with Crippen molar-refractivity contribution in [1.82, 2.24) is 0 Å². The van der Waals surface area contributed by atoms with E-state index in [-0.39, 0.29) is 18.3 Å². The van der Waals surface area contributed by atoms with Gasteiger partial charge in [-0.1, -0.05) is 49.6 Å². The van der Waals surface area contributed by atoms with Crippen LogP contribution in [0.2, 0.25) is 0 Å². The van der Waals surface area contributed by atoms with Crippen LogP contribution < -0.4 is 0 Å². The van der Waals surface area contributed by atoms with Crippen LogP contribution in [0, 0.1) is 11.8 Å². The second-order valence-electron chi connectivity index (χ2n) is 7.97. The highest BCUT2D eigenvalue weighted by Crippen LogP contribution is 2.39. The molecule has 0 aromatic heterocycles. The van der Waals surface area contributed by atoms with E-state index in [1.165, 1.54) is 0 Å². The standard InChI is InChI=1S/C22H34O5/c23-17(14-16-8-4-3-5-9-16)12-13-19-18(20(24)15-21(19)25)10-6-1-2-7-11-22(26)27/h3-5,8-9,17-21,23-25H,1-2,6-7,10-15H2,(H,26,27)/t17-,18-,19?,20+,21-/m1/s1. The van der Waals surface area contributed by atoms with E-state index < -0.39 is 24.3 Å². The molecule has 1 saturated carbocycles. The maximum Gasteiger partial charge on any atom is 0.303 e. The van der Waals surface area contributed by atoms with Gasteiger partial charge in [-0.05, 0) is 55.9 Å². The molecule has 1 aliphatic carbocycles. The van der Waals surface area contributed by atoms with Gasteiger partial charge in [-0.2, -0.15) is 0 Å².